The highest BCUT2D eigenvalue weighted by atomic mass is 35.5. The van der Waals surface area contributed by atoms with E-state index in [2.05, 4.69) is 24.5 Å². The zero-order valence-corrected chi connectivity index (χ0v) is 10.6. The summed E-state index contributed by atoms with van der Waals surface area (Å²) in [5.74, 6) is 0. The van der Waals surface area contributed by atoms with Crippen molar-refractivity contribution in [2.24, 2.45) is 0 Å². The topological polar surface area (TPSA) is 21.3 Å². The van der Waals surface area contributed by atoms with Gasteiger partial charge in [0, 0.05) is 13.1 Å². The summed E-state index contributed by atoms with van der Waals surface area (Å²) in [4.78, 5) is 0. The van der Waals surface area contributed by atoms with Gasteiger partial charge in [-0.3, -0.25) is 0 Å². The molecule has 2 nitrogen and oxygen atoms in total. The minimum Gasteiger partial charge on any atom is -0.365 e. The molecule has 15 heavy (non-hydrogen) atoms. The highest BCUT2D eigenvalue weighted by Gasteiger charge is 2.32. The first-order chi connectivity index (χ1) is 7.13. The molecule has 0 aromatic carbocycles. The molecular weight excluding hydrogens is 230 g/mol. The Labute approximate surface area is 99.6 Å². The summed E-state index contributed by atoms with van der Waals surface area (Å²) in [5.41, 5.74) is 1.15. The van der Waals surface area contributed by atoms with E-state index in [9.17, 15) is 0 Å². The molecule has 1 aliphatic heterocycles. The van der Waals surface area contributed by atoms with Crippen molar-refractivity contribution < 1.29 is 4.74 Å². The Balaban J connectivity index is 2.11. The maximum Gasteiger partial charge on any atom is 0.0965 e. The molecule has 1 aromatic rings. The fourth-order valence-corrected chi connectivity index (χ4v) is 2.71. The van der Waals surface area contributed by atoms with Crippen LogP contribution in [-0.4, -0.2) is 18.7 Å². The van der Waals surface area contributed by atoms with Gasteiger partial charge in [-0.1, -0.05) is 18.5 Å². The smallest absolute Gasteiger partial charge is 0.0965 e. The standard InChI is InChI=1S/C11H16ClNOS/c1-3-11(2)7-13-5-9(14-11)8-4-10(12)15-6-8/h4,6,9,13H,3,5,7H2,1-2H3. The molecule has 1 aromatic heterocycles. The van der Waals surface area contributed by atoms with Gasteiger partial charge >= 0.3 is 0 Å². The van der Waals surface area contributed by atoms with Gasteiger partial charge in [0.2, 0.25) is 0 Å². The molecule has 0 amide bonds. The Morgan fingerprint density at radius 1 is 1.73 bits per heavy atom. The van der Waals surface area contributed by atoms with Crippen LogP contribution < -0.4 is 5.32 Å². The van der Waals surface area contributed by atoms with E-state index < -0.39 is 0 Å². The summed E-state index contributed by atoms with van der Waals surface area (Å²) in [6.07, 6.45) is 1.17. The van der Waals surface area contributed by atoms with Crippen LogP contribution in [-0.2, 0) is 4.74 Å². The van der Waals surface area contributed by atoms with Crippen molar-refractivity contribution in [2.45, 2.75) is 32.0 Å². The van der Waals surface area contributed by atoms with Gasteiger partial charge in [0.15, 0.2) is 0 Å². The van der Waals surface area contributed by atoms with E-state index in [1.807, 2.05) is 6.07 Å². The molecule has 1 fully saturated rings. The zero-order chi connectivity index (χ0) is 10.9. The Kier molecular flexibility index (Phi) is 3.36. The van der Waals surface area contributed by atoms with Crippen molar-refractivity contribution in [1.29, 1.82) is 0 Å². The van der Waals surface area contributed by atoms with E-state index in [0.29, 0.717) is 0 Å². The minimum atomic E-state index is -0.0443. The first kappa shape index (κ1) is 11.4. The van der Waals surface area contributed by atoms with Crippen LogP contribution in [0, 0.1) is 0 Å². The largest absolute Gasteiger partial charge is 0.365 e. The highest BCUT2D eigenvalue weighted by Crippen LogP contribution is 2.32. The Morgan fingerprint density at radius 3 is 3.13 bits per heavy atom. The lowest BCUT2D eigenvalue weighted by molar-refractivity contribution is -0.109. The average Bonchev–Trinajstić information content (AvgIpc) is 2.65. The molecule has 1 aliphatic rings. The minimum absolute atomic E-state index is 0.0443. The lowest BCUT2D eigenvalue weighted by atomic mass is 9.99. The predicted molar refractivity (Wildman–Crippen MR) is 64.7 cm³/mol. The monoisotopic (exact) mass is 245 g/mol. The van der Waals surface area contributed by atoms with Crippen LogP contribution in [0.5, 0.6) is 0 Å². The van der Waals surface area contributed by atoms with Gasteiger partial charge in [-0.2, -0.15) is 0 Å². The van der Waals surface area contributed by atoms with Gasteiger partial charge in [-0.25, -0.2) is 0 Å². The van der Waals surface area contributed by atoms with Crippen molar-refractivity contribution in [1.82, 2.24) is 5.32 Å². The zero-order valence-electron chi connectivity index (χ0n) is 9.05. The fraction of sp³-hybridized carbons (Fsp3) is 0.636. The van der Waals surface area contributed by atoms with Gasteiger partial charge < -0.3 is 10.1 Å². The Bertz CT molecular complexity index is 341. The van der Waals surface area contributed by atoms with Gasteiger partial charge in [0.05, 0.1) is 16.0 Å². The normalized spacial score (nSPS) is 31.8. The average molecular weight is 246 g/mol. The number of hydrogen-bond acceptors (Lipinski definition) is 3. The van der Waals surface area contributed by atoms with Gasteiger partial charge in [-0.15, -0.1) is 11.3 Å². The van der Waals surface area contributed by atoms with E-state index in [0.717, 1.165) is 23.8 Å². The van der Waals surface area contributed by atoms with Crippen molar-refractivity contribution in [3.8, 4) is 0 Å². The molecule has 0 saturated carbocycles. The van der Waals surface area contributed by atoms with Crippen LogP contribution in [0.4, 0.5) is 0 Å². The van der Waals surface area contributed by atoms with Crippen LogP contribution in [0.3, 0.4) is 0 Å². The van der Waals surface area contributed by atoms with Gasteiger partial charge in [0.25, 0.3) is 0 Å². The number of nitrogens with one attached hydrogen (secondary N) is 1. The van der Waals surface area contributed by atoms with Crippen molar-refractivity contribution in [2.75, 3.05) is 13.1 Å². The molecule has 2 unspecified atom stereocenters. The van der Waals surface area contributed by atoms with Crippen molar-refractivity contribution >= 4 is 22.9 Å². The van der Waals surface area contributed by atoms with Gasteiger partial charge in [-0.05, 0) is 30.4 Å². The second kappa shape index (κ2) is 4.42. The SMILES string of the molecule is CCC1(C)CNCC(c2csc(Cl)c2)O1. The van der Waals surface area contributed by atoms with Crippen LogP contribution >= 0.6 is 22.9 Å². The molecule has 84 valence electrons. The van der Waals surface area contributed by atoms with Crippen molar-refractivity contribution in [3.63, 3.8) is 0 Å². The number of morpholine rings is 1. The lowest BCUT2D eigenvalue weighted by Crippen LogP contribution is -2.48. The Hall–Kier alpha value is -0.0900. The molecular formula is C11H16ClNOS. The van der Waals surface area contributed by atoms with Crippen molar-refractivity contribution in [3.05, 3.63) is 21.3 Å². The van der Waals surface area contributed by atoms with E-state index in [-0.39, 0.29) is 11.7 Å². The van der Waals surface area contributed by atoms with Crippen LogP contribution in [0.2, 0.25) is 4.34 Å². The summed E-state index contributed by atoms with van der Waals surface area (Å²) in [6.45, 7) is 6.12. The van der Waals surface area contributed by atoms with E-state index in [4.69, 9.17) is 16.3 Å². The maximum atomic E-state index is 6.11. The first-order valence-electron chi connectivity index (χ1n) is 5.25. The second-order valence-corrected chi connectivity index (χ2v) is 5.77. The summed E-state index contributed by atoms with van der Waals surface area (Å²) < 4.78 is 6.94. The summed E-state index contributed by atoms with van der Waals surface area (Å²) in [7, 11) is 0. The first-order valence-corrected chi connectivity index (χ1v) is 6.51. The summed E-state index contributed by atoms with van der Waals surface area (Å²) in [5, 5.41) is 5.50. The number of rotatable bonds is 2. The van der Waals surface area contributed by atoms with E-state index in [1.54, 1.807) is 11.3 Å². The van der Waals surface area contributed by atoms with E-state index in [1.165, 1.54) is 5.56 Å². The Morgan fingerprint density at radius 2 is 2.53 bits per heavy atom. The second-order valence-electron chi connectivity index (χ2n) is 4.23. The number of halogens is 1. The molecule has 0 spiro atoms. The van der Waals surface area contributed by atoms with Crippen LogP contribution in [0.15, 0.2) is 11.4 Å². The number of ether oxygens (including phenoxy) is 1. The molecule has 0 radical (unpaired) electrons. The fourth-order valence-electron chi connectivity index (χ4n) is 1.78. The number of hydrogen-bond donors (Lipinski definition) is 1. The quantitative estimate of drug-likeness (QED) is 0.864. The molecule has 2 atom stereocenters. The maximum absolute atomic E-state index is 6.11. The van der Waals surface area contributed by atoms with Crippen LogP contribution in [0.1, 0.15) is 31.9 Å². The third kappa shape index (κ3) is 2.53. The predicted octanol–water partition coefficient (Wildman–Crippen LogP) is 3.23. The van der Waals surface area contributed by atoms with Crippen LogP contribution in [0.25, 0.3) is 0 Å². The molecule has 2 heterocycles. The third-order valence-corrected chi connectivity index (χ3v) is 4.07. The summed E-state index contributed by atoms with van der Waals surface area (Å²) in [6, 6.07) is 2.00. The highest BCUT2D eigenvalue weighted by molar-refractivity contribution is 7.14. The number of thiophene rings is 1. The third-order valence-electron chi connectivity index (χ3n) is 2.96. The lowest BCUT2D eigenvalue weighted by Gasteiger charge is -2.38. The summed E-state index contributed by atoms with van der Waals surface area (Å²) >= 11 is 7.49. The van der Waals surface area contributed by atoms with Gasteiger partial charge in [0.1, 0.15) is 0 Å². The molecule has 2 rings (SSSR count). The van der Waals surface area contributed by atoms with E-state index >= 15 is 0 Å². The molecule has 4 heteroatoms. The molecule has 0 bridgehead atoms. The molecule has 1 saturated heterocycles. The molecule has 1 N–H and O–H groups in total. The molecule has 0 aliphatic carbocycles.